The van der Waals surface area contributed by atoms with Crippen molar-refractivity contribution in [2.45, 2.75) is 4.90 Å². The Balaban J connectivity index is 1.96. The van der Waals surface area contributed by atoms with Crippen molar-refractivity contribution in [2.75, 3.05) is 4.72 Å². The third-order valence-electron chi connectivity index (χ3n) is 2.89. The highest BCUT2D eigenvalue weighted by Gasteiger charge is 2.16. The van der Waals surface area contributed by atoms with Gasteiger partial charge in [0.15, 0.2) is 0 Å². The van der Waals surface area contributed by atoms with E-state index in [1.807, 2.05) is 6.07 Å². The van der Waals surface area contributed by atoms with Crippen LogP contribution in [0, 0.1) is 0 Å². The molecule has 0 atom stereocenters. The van der Waals surface area contributed by atoms with E-state index in [0.29, 0.717) is 5.69 Å². The van der Waals surface area contributed by atoms with Crippen LogP contribution in [-0.4, -0.2) is 18.4 Å². The Bertz CT molecular complexity index is 922. The predicted octanol–water partition coefficient (Wildman–Crippen LogP) is 3.67. The van der Waals surface area contributed by atoms with E-state index in [0.717, 1.165) is 17.1 Å². The molecule has 8 heteroatoms. The molecule has 0 amide bonds. The van der Waals surface area contributed by atoms with Gasteiger partial charge in [0.2, 0.25) is 0 Å². The molecule has 0 radical (unpaired) electrons. The number of aromatic amines is 1. The number of nitrogens with zero attached hydrogens (tertiary/aromatic N) is 1. The third-order valence-corrected chi connectivity index (χ3v) is 4.92. The third kappa shape index (κ3) is 2.83. The Morgan fingerprint density at radius 3 is 2.71 bits per heavy atom. The van der Waals surface area contributed by atoms with E-state index in [-0.39, 0.29) is 15.1 Å². The van der Waals surface area contributed by atoms with Gasteiger partial charge in [-0.25, -0.2) is 13.4 Å². The number of aromatic nitrogens is 2. The van der Waals surface area contributed by atoms with Crippen molar-refractivity contribution in [3.8, 4) is 0 Å². The lowest BCUT2D eigenvalue weighted by Crippen LogP contribution is -2.13. The number of H-pyrrole nitrogens is 1. The van der Waals surface area contributed by atoms with E-state index in [1.54, 1.807) is 24.4 Å². The summed E-state index contributed by atoms with van der Waals surface area (Å²) in [6, 6.07) is 8.30. The van der Waals surface area contributed by atoms with Gasteiger partial charge in [-0.1, -0.05) is 23.2 Å². The number of halogens is 2. The zero-order valence-corrected chi connectivity index (χ0v) is 12.8. The van der Waals surface area contributed by atoms with Crippen molar-refractivity contribution < 1.29 is 8.42 Å². The first-order valence-corrected chi connectivity index (χ1v) is 8.11. The lowest BCUT2D eigenvalue weighted by atomic mass is 10.2. The fourth-order valence-corrected chi connectivity index (χ4v) is 3.24. The first-order chi connectivity index (χ1) is 9.95. The van der Waals surface area contributed by atoms with Crippen LogP contribution in [0.2, 0.25) is 10.2 Å². The van der Waals surface area contributed by atoms with Crippen molar-refractivity contribution in [3.05, 3.63) is 52.9 Å². The van der Waals surface area contributed by atoms with Gasteiger partial charge in [0.1, 0.15) is 10.0 Å². The van der Waals surface area contributed by atoms with Gasteiger partial charge in [0.25, 0.3) is 10.0 Å². The lowest BCUT2D eigenvalue weighted by Gasteiger charge is -2.08. The molecule has 21 heavy (non-hydrogen) atoms. The first kappa shape index (κ1) is 14.2. The second kappa shape index (κ2) is 5.22. The monoisotopic (exact) mass is 341 g/mol. The number of rotatable bonds is 3. The van der Waals surface area contributed by atoms with E-state index in [2.05, 4.69) is 14.7 Å². The molecule has 3 rings (SSSR count). The van der Waals surface area contributed by atoms with E-state index in [9.17, 15) is 8.42 Å². The van der Waals surface area contributed by atoms with Crippen molar-refractivity contribution in [1.29, 1.82) is 0 Å². The first-order valence-electron chi connectivity index (χ1n) is 5.87. The highest BCUT2D eigenvalue weighted by molar-refractivity contribution is 7.92. The summed E-state index contributed by atoms with van der Waals surface area (Å²) < 4.78 is 27.0. The van der Waals surface area contributed by atoms with Gasteiger partial charge < -0.3 is 4.98 Å². The second-order valence-electron chi connectivity index (χ2n) is 4.33. The predicted molar refractivity (Wildman–Crippen MR) is 83.4 cm³/mol. The molecule has 1 aromatic carbocycles. The summed E-state index contributed by atoms with van der Waals surface area (Å²) in [6.07, 6.45) is 2.94. The smallest absolute Gasteiger partial charge is 0.263 e. The van der Waals surface area contributed by atoms with E-state index in [1.165, 1.54) is 6.07 Å². The minimum absolute atomic E-state index is 0.0499. The zero-order chi connectivity index (χ0) is 15.0. The minimum atomic E-state index is -3.77. The van der Waals surface area contributed by atoms with Crippen LogP contribution in [0.1, 0.15) is 0 Å². The molecule has 108 valence electrons. The molecule has 0 saturated carbocycles. The maximum Gasteiger partial charge on any atom is 0.263 e. The molecule has 3 aromatic rings. The molecule has 0 spiro atoms. The van der Waals surface area contributed by atoms with Gasteiger partial charge >= 0.3 is 0 Å². The van der Waals surface area contributed by atoms with Crippen LogP contribution in [-0.2, 0) is 10.0 Å². The molecule has 0 fully saturated rings. The highest BCUT2D eigenvalue weighted by Crippen LogP contribution is 2.25. The molecule has 2 heterocycles. The van der Waals surface area contributed by atoms with Gasteiger partial charge in [0.05, 0.1) is 5.02 Å². The molecule has 2 aromatic heterocycles. The maximum absolute atomic E-state index is 12.3. The van der Waals surface area contributed by atoms with E-state index < -0.39 is 10.0 Å². The molecular weight excluding hydrogens is 333 g/mol. The van der Waals surface area contributed by atoms with Crippen molar-refractivity contribution in [3.63, 3.8) is 0 Å². The average Bonchev–Trinajstić information content (AvgIpc) is 2.88. The Kier molecular flexibility index (Phi) is 3.52. The normalized spacial score (nSPS) is 11.7. The van der Waals surface area contributed by atoms with E-state index >= 15 is 0 Å². The molecule has 2 N–H and O–H groups in total. The van der Waals surface area contributed by atoms with Crippen LogP contribution in [0.3, 0.4) is 0 Å². The second-order valence-corrected chi connectivity index (χ2v) is 6.78. The molecule has 0 aliphatic rings. The SMILES string of the molecule is O=S(=O)(Nc1ccc2[nH]ccc2c1)c1cnc(Cl)c(Cl)c1. The highest BCUT2D eigenvalue weighted by atomic mass is 35.5. The van der Waals surface area contributed by atoms with Crippen molar-refractivity contribution in [1.82, 2.24) is 9.97 Å². The van der Waals surface area contributed by atoms with Crippen LogP contribution >= 0.6 is 23.2 Å². The number of benzene rings is 1. The van der Waals surface area contributed by atoms with Gasteiger partial charge in [-0.05, 0) is 30.3 Å². The Morgan fingerprint density at radius 1 is 1.14 bits per heavy atom. The van der Waals surface area contributed by atoms with Crippen molar-refractivity contribution in [2.24, 2.45) is 0 Å². The minimum Gasteiger partial charge on any atom is -0.361 e. The largest absolute Gasteiger partial charge is 0.361 e. The number of pyridine rings is 1. The van der Waals surface area contributed by atoms with Gasteiger partial charge in [0, 0.05) is 29.0 Å². The van der Waals surface area contributed by atoms with Gasteiger partial charge in [-0.2, -0.15) is 0 Å². The summed E-state index contributed by atoms with van der Waals surface area (Å²) in [4.78, 5) is 6.72. The number of fused-ring (bicyclic) bond motifs is 1. The quantitative estimate of drug-likeness (QED) is 0.713. The maximum atomic E-state index is 12.3. The molecular formula is C13H9Cl2N3O2S. The molecule has 0 unspecified atom stereocenters. The number of hydrogen-bond donors (Lipinski definition) is 2. The van der Waals surface area contributed by atoms with Crippen LogP contribution in [0.15, 0.2) is 47.6 Å². The average molecular weight is 342 g/mol. The fourth-order valence-electron chi connectivity index (χ4n) is 1.88. The molecule has 0 saturated heterocycles. The topological polar surface area (TPSA) is 74.8 Å². The van der Waals surface area contributed by atoms with Crippen LogP contribution < -0.4 is 4.72 Å². The van der Waals surface area contributed by atoms with Gasteiger partial charge in [-0.15, -0.1) is 0 Å². The number of anilines is 1. The molecule has 0 aliphatic heterocycles. The summed E-state index contributed by atoms with van der Waals surface area (Å²) in [5.41, 5.74) is 1.38. The summed E-state index contributed by atoms with van der Waals surface area (Å²) >= 11 is 11.5. The standard InChI is InChI=1S/C13H9Cl2N3O2S/c14-11-6-10(7-17-13(11)15)21(19,20)18-9-1-2-12-8(5-9)3-4-16-12/h1-7,16,18H. The van der Waals surface area contributed by atoms with Crippen LogP contribution in [0.5, 0.6) is 0 Å². The van der Waals surface area contributed by atoms with Crippen molar-refractivity contribution >= 4 is 49.8 Å². The summed E-state index contributed by atoms with van der Waals surface area (Å²) in [7, 11) is -3.77. The molecule has 0 aliphatic carbocycles. The van der Waals surface area contributed by atoms with Gasteiger partial charge in [-0.3, -0.25) is 4.72 Å². The number of hydrogen-bond acceptors (Lipinski definition) is 3. The van der Waals surface area contributed by atoms with E-state index in [4.69, 9.17) is 23.2 Å². The Morgan fingerprint density at radius 2 is 1.95 bits per heavy atom. The Labute approximate surface area is 131 Å². The summed E-state index contributed by atoms with van der Waals surface area (Å²) in [5, 5.41) is 1.05. The number of nitrogens with one attached hydrogen (secondary N) is 2. The summed E-state index contributed by atoms with van der Waals surface area (Å²) in [5.74, 6) is 0. The van der Waals surface area contributed by atoms with Crippen LogP contribution in [0.4, 0.5) is 5.69 Å². The molecule has 0 bridgehead atoms. The lowest BCUT2D eigenvalue weighted by molar-refractivity contribution is 0.601. The fraction of sp³-hybridized carbons (Fsp3) is 0. The van der Waals surface area contributed by atoms with Crippen LogP contribution in [0.25, 0.3) is 10.9 Å². The molecule has 5 nitrogen and oxygen atoms in total. The summed E-state index contributed by atoms with van der Waals surface area (Å²) in [6.45, 7) is 0. The number of sulfonamides is 1. The zero-order valence-electron chi connectivity index (χ0n) is 10.5. The Hall–Kier alpha value is -1.76.